The van der Waals surface area contributed by atoms with E-state index in [1.165, 1.54) is 40.5 Å². The Morgan fingerprint density at radius 3 is 1.31 bits per heavy atom. The Balaban J connectivity index is 0.000000258. The SMILES string of the molecule is NCC(=O)c1ccc(CN(C(=O)C2CCS(=O)(=O)CC2)c2ccc(F)c(Cl)c2)c(F)c1.O=C(CNC(=O)C(F)(F)F)c1ccc(CN(C(=O)C2CCS(=O)(=O)CC2)c2ccc(F)c(Cl)c2)c(F)c1. The first-order chi connectivity index (χ1) is 31.8. The summed E-state index contributed by atoms with van der Waals surface area (Å²) in [7, 11) is -6.45. The second-order valence-corrected chi connectivity index (χ2v) is 21.2. The molecule has 13 nitrogen and oxygen atoms in total. The highest BCUT2D eigenvalue weighted by Crippen LogP contribution is 2.32. The number of rotatable bonds is 13. The van der Waals surface area contributed by atoms with Crippen LogP contribution in [-0.4, -0.2) is 88.4 Å². The van der Waals surface area contributed by atoms with E-state index in [-0.39, 0.29) is 105 Å². The third kappa shape index (κ3) is 14.1. The van der Waals surface area contributed by atoms with Crippen molar-refractivity contribution in [2.24, 2.45) is 17.6 Å². The van der Waals surface area contributed by atoms with Gasteiger partial charge in [0.2, 0.25) is 11.8 Å². The molecule has 2 aliphatic rings. The Bertz CT molecular complexity index is 2810. The summed E-state index contributed by atoms with van der Waals surface area (Å²) in [5.41, 5.74) is 5.53. The second-order valence-electron chi connectivity index (χ2n) is 15.7. The number of amides is 3. The Morgan fingerprint density at radius 2 is 0.971 bits per heavy atom. The number of benzene rings is 4. The number of nitrogens with zero attached hydrogens (tertiary/aromatic N) is 2. The third-order valence-electron chi connectivity index (χ3n) is 11.0. The van der Waals surface area contributed by atoms with Gasteiger partial charge in [-0.1, -0.05) is 47.5 Å². The van der Waals surface area contributed by atoms with E-state index in [1.54, 1.807) is 0 Å². The largest absolute Gasteiger partial charge is 0.471 e. The molecule has 0 bridgehead atoms. The highest BCUT2D eigenvalue weighted by molar-refractivity contribution is 7.91. The normalized spacial score (nSPS) is 15.9. The minimum Gasteiger partial charge on any atom is -0.341 e. The maximum Gasteiger partial charge on any atom is 0.471 e. The fourth-order valence-corrected chi connectivity index (χ4v) is 10.5. The summed E-state index contributed by atoms with van der Waals surface area (Å²) in [6.07, 6.45) is -4.78. The van der Waals surface area contributed by atoms with Gasteiger partial charge in [0.1, 0.15) is 42.9 Å². The lowest BCUT2D eigenvalue weighted by Gasteiger charge is -2.30. The van der Waals surface area contributed by atoms with E-state index in [4.69, 9.17) is 28.9 Å². The van der Waals surface area contributed by atoms with Gasteiger partial charge in [0, 0.05) is 45.5 Å². The molecule has 3 N–H and O–H groups in total. The molecule has 4 aromatic carbocycles. The highest BCUT2D eigenvalue weighted by Gasteiger charge is 2.39. The zero-order valence-electron chi connectivity index (χ0n) is 35.4. The Kier molecular flexibility index (Phi) is 17.6. The molecular formula is C44H41Cl2F7N4O9S2. The molecule has 4 aromatic rings. The lowest BCUT2D eigenvalue weighted by molar-refractivity contribution is -0.173. The molecule has 2 saturated heterocycles. The van der Waals surface area contributed by atoms with Crippen LogP contribution in [0.2, 0.25) is 10.0 Å². The van der Waals surface area contributed by atoms with E-state index < -0.39 is 103 Å². The van der Waals surface area contributed by atoms with E-state index in [0.717, 1.165) is 47.4 Å². The number of carbonyl (C=O) groups excluding carboxylic acids is 5. The van der Waals surface area contributed by atoms with Crippen LogP contribution in [0, 0.1) is 35.1 Å². The zero-order valence-corrected chi connectivity index (χ0v) is 38.6. The van der Waals surface area contributed by atoms with Gasteiger partial charge in [-0.3, -0.25) is 24.0 Å². The Labute approximate surface area is 395 Å². The number of carbonyl (C=O) groups is 5. The molecule has 366 valence electrons. The molecule has 6 rings (SSSR count). The van der Waals surface area contributed by atoms with E-state index in [2.05, 4.69) is 0 Å². The Morgan fingerprint density at radius 1 is 0.588 bits per heavy atom. The van der Waals surface area contributed by atoms with Crippen LogP contribution in [-0.2, 0) is 47.1 Å². The molecule has 3 amide bonds. The van der Waals surface area contributed by atoms with Crippen LogP contribution < -0.4 is 20.9 Å². The van der Waals surface area contributed by atoms with Crippen LogP contribution in [0.5, 0.6) is 0 Å². The van der Waals surface area contributed by atoms with Gasteiger partial charge in [-0.05, 0) is 74.2 Å². The van der Waals surface area contributed by atoms with Crippen LogP contribution in [0.4, 0.5) is 42.1 Å². The van der Waals surface area contributed by atoms with Crippen molar-refractivity contribution in [3.8, 4) is 0 Å². The maximum absolute atomic E-state index is 14.9. The van der Waals surface area contributed by atoms with Gasteiger partial charge in [0.05, 0.1) is 59.2 Å². The van der Waals surface area contributed by atoms with Crippen LogP contribution in [0.15, 0.2) is 72.8 Å². The topological polar surface area (TPSA) is 198 Å². The molecule has 2 fully saturated rings. The minimum atomic E-state index is -5.18. The summed E-state index contributed by atoms with van der Waals surface area (Å²) in [5.74, 6) is -9.63. The predicted octanol–water partition coefficient (Wildman–Crippen LogP) is 6.96. The molecule has 0 aromatic heterocycles. The van der Waals surface area contributed by atoms with Gasteiger partial charge in [0.25, 0.3) is 0 Å². The highest BCUT2D eigenvalue weighted by atomic mass is 35.5. The molecule has 68 heavy (non-hydrogen) atoms. The summed E-state index contributed by atoms with van der Waals surface area (Å²) >= 11 is 11.7. The van der Waals surface area contributed by atoms with Crippen molar-refractivity contribution in [3.63, 3.8) is 0 Å². The van der Waals surface area contributed by atoms with Crippen molar-refractivity contribution in [1.82, 2.24) is 5.32 Å². The molecule has 0 radical (unpaired) electrons. The first kappa shape index (κ1) is 53.5. The lowest BCUT2D eigenvalue weighted by Crippen LogP contribution is -2.40. The molecular weight excluding hydrogens is 997 g/mol. The van der Waals surface area contributed by atoms with Crippen molar-refractivity contribution >= 4 is 83.5 Å². The monoisotopic (exact) mass is 1040 g/mol. The minimum absolute atomic E-state index is 0.0478. The molecule has 0 atom stereocenters. The summed E-state index contributed by atoms with van der Waals surface area (Å²) in [6.45, 7) is -1.87. The first-order valence-corrected chi connectivity index (χ1v) is 24.8. The van der Waals surface area contributed by atoms with Crippen LogP contribution in [0.3, 0.4) is 0 Å². The van der Waals surface area contributed by atoms with Crippen molar-refractivity contribution in [2.75, 3.05) is 45.9 Å². The van der Waals surface area contributed by atoms with Crippen molar-refractivity contribution < 1.29 is 71.5 Å². The third-order valence-corrected chi connectivity index (χ3v) is 15.0. The number of nitrogens with one attached hydrogen (secondary N) is 1. The van der Waals surface area contributed by atoms with Crippen molar-refractivity contribution in [1.29, 1.82) is 0 Å². The average molecular weight is 1040 g/mol. The molecule has 0 saturated carbocycles. The van der Waals surface area contributed by atoms with E-state index in [0.29, 0.717) is 0 Å². The van der Waals surface area contributed by atoms with Crippen molar-refractivity contribution in [2.45, 2.75) is 44.9 Å². The van der Waals surface area contributed by atoms with Gasteiger partial charge in [-0.15, -0.1) is 0 Å². The van der Waals surface area contributed by atoms with Crippen LogP contribution >= 0.6 is 23.2 Å². The maximum atomic E-state index is 14.9. The number of nitrogens with two attached hydrogens (primary N) is 1. The molecule has 2 heterocycles. The number of halogens is 9. The van der Waals surface area contributed by atoms with E-state index >= 15 is 0 Å². The second kappa shape index (κ2) is 22.3. The number of hydrogen-bond donors (Lipinski definition) is 2. The summed E-state index contributed by atoms with van der Waals surface area (Å²) in [4.78, 5) is 63.6. The fraction of sp³-hybridized carbons (Fsp3) is 0.341. The first-order valence-electron chi connectivity index (χ1n) is 20.4. The number of alkyl halides is 3. The number of Topliss-reactive ketones (excluding diaryl/α,β-unsaturated/α-hetero) is 2. The summed E-state index contributed by atoms with van der Waals surface area (Å²) in [5, 5.41) is 0.896. The number of anilines is 2. The van der Waals surface area contributed by atoms with Crippen LogP contribution in [0.25, 0.3) is 0 Å². The van der Waals surface area contributed by atoms with Gasteiger partial charge in [-0.2, -0.15) is 13.2 Å². The summed E-state index contributed by atoms with van der Waals surface area (Å²) in [6, 6.07) is 14.0. The van der Waals surface area contributed by atoms with E-state index in [1.807, 2.05) is 0 Å². The molecule has 0 aliphatic carbocycles. The molecule has 2 aliphatic heterocycles. The average Bonchev–Trinajstić information content (AvgIpc) is 3.28. The fourth-order valence-electron chi connectivity index (χ4n) is 7.13. The standard InChI is InChI=1S/C23H20ClF5N2O5S.C21H21ClF2N2O4S/c24-17-10-16(3-4-18(17)25)31(21(33)13-5-7-37(35,36)8-6-13)12-15-2-1-14(9-19(15)26)20(32)11-30-22(34)23(27,28)29;22-17-10-16(3-4-18(17)23)26(21(28)13-5-7-31(29,30)8-6-13)12-15-2-1-14(9-19(15)24)20(27)11-25/h1-4,9-10,13H,5-8,11-12H2,(H,30,34);1-4,9-10,13H,5-8,11-12,25H2. The van der Waals surface area contributed by atoms with Gasteiger partial charge >= 0.3 is 12.1 Å². The predicted molar refractivity (Wildman–Crippen MR) is 238 cm³/mol. The lowest BCUT2D eigenvalue weighted by atomic mass is 9.99. The van der Waals surface area contributed by atoms with Gasteiger partial charge < -0.3 is 20.9 Å². The molecule has 24 heteroatoms. The number of hydrogen-bond acceptors (Lipinski definition) is 10. The quantitative estimate of drug-likeness (QED) is 0.104. The Hall–Kier alpha value is -5.42. The van der Waals surface area contributed by atoms with Gasteiger partial charge in [-0.25, -0.2) is 34.4 Å². The van der Waals surface area contributed by atoms with Crippen molar-refractivity contribution in [3.05, 3.63) is 128 Å². The van der Waals surface area contributed by atoms with Crippen LogP contribution in [0.1, 0.15) is 57.5 Å². The number of ketones is 2. The molecule has 0 spiro atoms. The smallest absolute Gasteiger partial charge is 0.341 e. The summed E-state index contributed by atoms with van der Waals surface area (Å²) < 4.78 is 141. The molecule has 0 unspecified atom stereocenters. The van der Waals surface area contributed by atoms with E-state index in [9.17, 15) is 71.5 Å². The zero-order chi connectivity index (χ0) is 50.3. The number of sulfone groups is 2. The van der Waals surface area contributed by atoms with Gasteiger partial charge in [0.15, 0.2) is 11.6 Å².